The van der Waals surface area contributed by atoms with E-state index < -0.39 is 0 Å². The molecule has 0 spiro atoms. The number of anilines is 1. The maximum atomic E-state index is 6.31. The summed E-state index contributed by atoms with van der Waals surface area (Å²) in [6.07, 6.45) is 3.55. The van der Waals surface area contributed by atoms with E-state index in [4.69, 9.17) is 28.9 Å². The first-order valence-corrected chi connectivity index (χ1v) is 7.01. The van der Waals surface area contributed by atoms with Crippen LogP contribution < -0.4 is 5.73 Å². The fourth-order valence-electron chi connectivity index (χ4n) is 2.27. The number of aromatic nitrogens is 4. The summed E-state index contributed by atoms with van der Waals surface area (Å²) >= 11 is 12.6. The summed E-state index contributed by atoms with van der Waals surface area (Å²) in [6, 6.07) is 5.34. The van der Waals surface area contributed by atoms with Crippen LogP contribution in [0.15, 0.2) is 30.6 Å². The van der Waals surface area contributed by atoms with Gasteiger partial charge < -0.3 is 10.3 Å². The van der Waals surface area contributed by atoms with E-state index in [0.29, 0.717) is 38.5 Å². The van der Waals surface area contributed by atoms with Crippen LogP contribution in [-0.4, -0.2) is 19.3 Å². The second-order valence-corrected chi connectivity index (χ2v) is 5.51. The van der Waals surface area contributed by atoms with Crippen LogP contribution in [-0.2, 0) is 14.1 Å². The first kappa shape index (κ1) is 14.0. The average Bonchev–Trinajstić information content (AvgIpc) is 2.96. The van der Waals surface area contributed by atoms with E-state index in [2.05, 4.69) is 10.1 Å². The zero-order valence-electron chi connectivity index (χ0n) is 11.5. The molecule has 3 rings (SSSR count). The van der Waals surface area contributed by atoms with E-state index >= 15 is 0 Å². The van der Waals surface area contributed by atoms with Gasteiger partial charge in [0.1, 0.15) is 11.5 Å². The maximum absolute atomic E-state index is 6.31. The molecule has 0 atom stereocenters. The molecule has 2 aromatic heterocycles. The Balaban J connectivity index is 2.36. The monoisotopic (exact) mass is 321 g/mol. The van der Waals surface area contributed by atoms with Gasteiger partial charge in [0.05, 0.1) is 15.6 Å². The van der Waals surface area contributed by atoms with Gasteiger partial charge in [-0.25, -0.2) is 4.98 Å². The predicted octanol–water partition coefficient (Wildman–Crippen LogP) is 3.38. The molecule has 0 saturated carbocycles. The number of hydrogen-bond donors (Lipinski definition) is 1. The zero-order chi connectivity index (χ0) is 15.1. The largest absolute Gasteiger partial charge is 0.383 e. The average molecular weight is 322 g/mol. The molecule has 7 heteroatoms. The first-order valence-electron chi connectivity index (χ1n) is 6.25. The van der Waals surface area contributed by atoms with Gasteiger partial charge in [0.25, 0.3) is 0 Å². The molecule has 0 unspecified atom stereocenters. The molecular weight excluding hydrogens is 309 g/mol. The molecule has 0 aliphatic rings. The Morgan fingerprint density at radius 2 is 1.76 bits per heavy atom. The minimum absolute atomic E-state index is 0.489. The summed E-state index contributed by atoms with van der Waals surface area (Å²) < 4.78 is 3.47. The highest BCUT2D eigenvalue weighted by Gasteiger charge is 2.23. The Kier molecular flexibility index (Phi) is 3.39. The molecule has 0 fully saturated rings. The highest BCUT2D eigenvalue weighted by molar-refractivity contribution is 6.39. The Morgan fingerprint density at radius 3 is 2.33 bits per heavy atom. The van der Waals surface area contributed by atoms with Crippen molar-refractivity contribution >= 4 is 29.0 Å². The molecule has 5 nitrogen and oxygen atoms in total. The van der Waals surface area contributed by atoms with Crippen molar-refractivity contribution in [3.05, 3.63) is 40.6 Å². The molecule has 1 aromatic carbocycles. The van der Waals surface area contributed by atoms with Gasteiger partial charge in [-0.2, -0.15) is 5.10 Å². The van der Waals surface area contributed by atoms with Crippen LogP contribution in [0.25, 0.3) is 22.6 Å². The van der Waals surface area contributed by atoms with Crippen LogP contribution in [0.1, 0.15) is 0 Å². The van der Waals surface area contributed by atoms with Crippen LogP contribution in [0.2, 0.25) is 10.0 Å². The van der Waals surface area contributed by atoms with E-state index in [1.165, 1.54) is 0 Å². The van der Waals surface area contributed by atoms with Crippen molar-refractivity contribution in [3.63, 3.8) is 0 Å². The number of nitrogens with zero attached hydrogens (tertiary/aromatic N) is 4. The first-order chi connectivity index (χ1) is 10.0. The van der Waals surface area contributed by atoms with Crippen molar-refractivity contribution in [1.29, 1.82) is 0 Å². The van der Waals surface area contributed by atoms with Crippen LogP contribution in [0, 0.1) is 0 Å². The minimum atomic E-state index is 0.489. The second kappa shape index (κ2) is 5.09. The number of nitrogens with two attached hydrogens (primary N) is 1. The molecular formula is C14H13Cl2N5. The summed E-state index contributed by atoms with van der Waals surface area (Å²) in [7, 11) is 3.67. The summed E-state index contributed by atoms with van der Waals surface area (Å²) in [5.74, 6) is 1.19. The highest BCUT2D eigenvalue weighted by atomic mass is 35.5. The number of halogens is 2. The van der Waals surface area contributed by atoms with Gasteiger partial charge in [-0.05, 0) is 12.1 Å². The van der Waals surface area contributed by atoms with Crippen LogP contribution in [0.3, 0.4) is 0 Å². The normalized spacial score (nSPS) is 11.0. The quantitative estimate of drug-likeness (QED) is 0.787. The lowest BCUT2D eigenvalue weighted by molar-refractivity contribution is 0.776. The van der Waals surface area contributed by atoms with Crippen molar-refractivity contribution in [3.8, 4) is 22.6 Å². The van der Waals surface area contributed by atoms with Gasteiger partial charge in [-0.15, -0.1) is 0 Å². The van der Waals surface area contributed by atoms with Crippen molar-refractivity contribution < 1.29 is 0 Å². The van der Waals surface area contributed by atoms with Crippen LogP contribution in [0.4, 0.5) is 5.82 Å². The number of imidazole rings is 1. The van der Waals surface area contributed by atoms with Crippen LogP contribution in [0.5, 0.6) is 0 Å². The van der Waals surface area contributed by atoms with Gasteiger partial charge >= 0.3 is 0 Å². The van der Waals surface area contributed by atoms with E-state index in [-0.39, 0.29) is 0 Å². The summed E-state index contributed by atoms with van der Waals surface area (Å²) in [5, 5.41) is 5.51. The Labute approximate surface area is 131 Å². The molecule has 2 N–H and O–H groups in total. The SMILES string of the molecule is Cn1ccnc1-c1nn(C)c(N)c1-c1c(Cl)cccc1Cl. The molecule has 0 saturated heterocycles. The Bertz CT molecular complexity index is 799. The molecule has 2 heterocycles. The number of aryl methyl sites for hydroxylation is 2. The summed E-state index contributed by atoms with van der Waals surface area (Å²) in [6.45, 7) is 0. The molecule has 0 aliphatic carbocycles. The molecule has 21 heavy (non-hydrogen) atoms. The molecule has 108 valence electrons. The molecule has 0 amide bonds. The highest BCUT2D eigenvalue weighted by Crippen LogP contribution is 2.42. The molecule has 3 aromatic rings. The van der Waals surface area contributed by atoms with Gasteiger partial charge in [0, 0.05) is 32.1 Å². The third-order valence-electron chi connectivity index (χ3n) is 3.34. The standard InChI is InChI=1S/C14H13Cl2N5/c1-20-7-6-18-14(20)12-11(13(17)21(2)19-12)10-8(15)4-3-5-9(10)16/h3-7H,17H2,1-2H3. The third-order valence-corrected chi connectivity index (χ3v) is 3.97. The van der Waals surface area contributed by atoms with Gasteiger partial charge in [0.2, 0.25) is 0 Å². The molecule has 0 aliphatic heterocycles. The number of benzene rings is 1. The van der Waals surface area contributed by atoms with E-state index in [0.717, 1.165) is 0 Å². The second-order valence-electron chi connectivity index (χ2n) is 4.69. The van der Waals surface area contributed by atoms with E-state index in [1.54, 1.807) is 36.1 Å². The van der Waals surface area contributed by atoms with Gasteiger partial charge in [0.15, 0.2) is 5.82 Å². The molecule has 0 bridgehead atoms. The Hall–Kier alpha value is -1.98. The number of rotatable bonds is 2. The van der Waals surface area contributed by atoms with Gasteiger partial charge in [-0.1, -0.05) is 29.3 Å². The fraction of sp³-hybridized carbons (Fsp3) is 0.143. The van der Waals surface area contributed by atoms with Crippen molar-refractivity contribution in [1.82, 2.24) is 19.3 Å². The smallest absolute Gasteiger partial charge is 0.161 e. The third kappa shape index (κ3) is 2.18. The maximum Gasteiger partial charge on any atom is 0.161 e. The lowest BCUT2D eigenvalue weighted by Gasteiger charge is -2.08. The van der Waals surface area contributed by atoms with Crippen molar-refractivity contribution in [2.45, 2.75) is 0 Å². The topological polar surface area (TPSA) is 61.7 Å². The predicted molar refractivity (Wildman–Crippen MR) is 85.3 cm³/mol. The fourth-order valence-corrected chi connectivity index (χ4v) is 2.86. The van der Waals surface area contributed by atoms with Crippen LogP contribution >= 0.6 is 23.2 Å². The lowest BCUT2D eigenvalue weighted by Crippen LogP contribution is -1.98. The molecule has 0 radical (unpaired) electrons. The van der Waals surface area contributed by atoms with Crippen molar-refractivity contribution in [2.75, 3.05) is 5.73 Å². The Morgan fingerprint density at radius 1 is 1.10 bits per heavy atom. The van der Waals surface area contributed by atoms with Gasteiger partial charge in [-0.3, -0.25) is 4.68 Å². The van der Waals surface area contributed by atoms with E-state index in [9.17, 15) is 0 Å². The number of hydrogen-bond acceptors (Lipinski definition) is 3. The minimum Gasteiger partial charge on any atom is -0.383 e. The number of nitrogen functional groups attached to an aromatic ring is 1. The zero-order valence-corrected chi connectivity index (χ0v) is 13.0. The summed E-state index contributed by atoms with van der Waals surface area (Å²) in [4.78, 5) is 4.33. The lowest BCUT2D eigenvalue weighted by atomic mass is 10.0. The van der Waals surface area contributed by atoms with Crippen molar-refractivity contribution in [2.24, 2.45) is 14.1 Å². The van der Waals surface area contributed by atoms with E-state index in [1.807, 2.05) is 17.8 Å². The summed E-state index contributed by atoms with van der Waals surface area (Å²) in [5.41, 5.74) is 8.19.